The molecule has 9 N–H and O–H groups in total. The van der Waals surface area contributed by atoms with E-state index in [0.29, 0.717) is 32.2 Å². The molecular weight excluding hydrogens is 370 g/mol. The molecule has 0 saturated carbocycles. The van der Waals surface area contributed by atoms with Crippen molar-refractivity contribution in [2.24, 2.45) is 17.4 Å². The Labute approximate surface area is 164 Å². The highest BCUT2D eigenvalue weighted by atomic mass is 16.4. The standard InChI is InChI=1S/C17H33N5O6/c1-3-10(2)14(17(27)28)22-13(24)8-20-16(26)12(9-23)21-15(25)11(19)6-4-5-7-18/h10-12,14,23H,3-9,18-19H2,1-2H3,(H,20,26)(H,21,25)(H,22,24)(H,27,28). The van der Waals surface area contributed by atoms with Crippen molar-refractivity contribution in [1.82, 2.24) is 16.0 Å². The third-order valence-electron chi connectivity index (χ3n) is 4.34. The molecular formula is C17H33N5O6. The number of aliphatic hydroxyl groups excluding tert-OH is 1. The first kappa shape index (κ1) is 25.8. The first-order chi connectivity index (χ1) is 13.2. The highest BCUT2D eigenvalue weighted by molar-refractivity contribution is 5.92. The largest absolute Gasteiger partial charge is 0.480 e. The van der Waals surface area contributed by atoms with Crippen LogP contribution in [0.15, 0.2) is 0 Å². The molecule has 0 spiro atoms. The zero-order chi connectivity index (χ0) is 21.7. The smallest absolute Gasteiger partial charge is 0.326 e. The first-order valence-corrected chi connectivity index (χ1v) is 9.34. The Bertz CT molecular complexity index is 530. The van der Waals surface area contributed by atoms with Gasteiger partial charge in [-0.25, -0.2) is 4.79 Å². The van der Waals surface area contributed by atoms with E-state index in [9.17, 15) is 24.3 Å². The number of rotatable bonds is 14. The Kier molecular flexibility index (Phi) is 12.7. The molecule has 3 amide bonds. The zero-order valence-electron chi connectivity index (χ0n) is 16.4. The van der Waals surface area contributed by atoms with Crippen molar-refractivity contribution in [2.45, 2.75) is 57.7 Å². The number of hydrogen-bond acceptors (Lipinski definition) is 7. The lowest BCUT2D eigenvalue weighted by atomic mass is 9.99. The predicted molar refractivity (Wildman–Crippen MR) is 102 cm³/mol. The number of aliphatic hydroxyl groups is 1. The molecule has 4 unspecified atom stereocenters. The van der Waals surface area contributed by atoms with Crippen LogP contribution >= 0.6 is 0 Å². The monoisotopic (exact) mass is 403 g/mol. The van der Waals surface area contributed by atoms with Gasteiger partial charge in [0, 0.05) is 0 Å². The molecule has 0 aromatic heterocycles. The molecule has 0 rings (SSSR count). The molecule has 0 aliphatic carbocycles. The lowest BCUT2D eigenvalue weighted by molar-refractivity contribution is -0.143. The molecule has 0 aromatic rings. The second-order valence-corrected chi connectivity index (χ2v) is 6.62. The van der Waals surface area contributed by atoms with Gasteiger partial charge in [0.1, 0.15) is 12.1 Å². The Morgan fingerprint density at radius 2 is 1.71 bits per heavy atom. The number of carbonyl (C=O) groups excluding carboxylic acids is 3. The summed E-state index contributed by atoms with van der Waals surface area (Å²) < 4.78 is 0. The van der Waals surface area contributed by atoms with E-state index in [0.717, 1.165) is 0 Å². The lowest BCUT2D eigenvalue weighted by Gasteiger charge is -2.21. The SMILES string of the molecule is CCC(C)C(NC(=O)CNC(=O)C(CO)NC(=O)C(N)CCCCN)C(=O)O. The van der Waals surface area contributed by atoms with Crippen molar-refractivity contribution in [3.05, 3.63) is 0 Å². The van der Waals surface area contributed by atoms with E-state index in [4.69, 9.17) is 16.6 Å². The van der Waals surface area contributed by atoms with Crippen molar-refractivity contribution < 1.29 is 29.4 Å². The number of hydrogen-bond donors (Lipinski definition) is 7. The molecule has 11 heteroatoms. The maximum atomic E-state index is 12.1. The van der Waals surface area contributed by atoms with E-state index in [1.807, 2.05) is 0 Å². The van der Waals surface area contributed by atoms with Crippen molar-refractivity contribution in [3.63, 3.8) is 0 Å². The number of carboxylic acid groups (broad SMARTS) is 1. The summed E-state index contributed by atoms with van der Waals surface area (Å²) in [6.45, 7) is 2.79. The van der Waals surface area contributed by atoms with Gasteiger partial charge < -0.3 is 37.6 Å². The van der Waals surface area contributed by atoms with Crippen molar-refractivity contribution in [2.75, 3.05) is 19.7 Å². The van der Waals surface area contributed by atoms with Gasteiger partial charge in [-0.05, 0) is 25.3 Å². The van der Waals surface area contributed by atoms with Gasteiger partial charge in [-0.1, -0.05) is 26.7 Å². The number of carbonyl (C=O) groups is 4. The summed E-state index contributed by atoms with van der Waals surface area (Å²) in [5, 5.41) is 25.4. The molecule has 0 aliphatic heterocycles. The Hall–Kier alpha value is -2.24. The van der Waals surface area contributed by atoms with E-state index in [2.05, 4.69) is 16.0 Å². The van der Waals surface area contributed by atoms with Crippen LogP contribution in [0.3, 0.4) is 0 Å². The number of nitrogens with one attached hydrogen (secondary N) is 3. The van der Waals surface area contributed by atoms with E-state index in [1.54, 1.807) is 13.8 Å². The summed E-state index contributed by atoms with van der Waals surface area (Å²) in [7, 11) is 0. The molecule has 0 bridgehead atoms. The zero-order valence-corrected chi connectivity index (χ0v) is 16.4. The summed E-state index contributed by atoms with van der Waals surface area (Å²) in [5.74, 6) is -3.53. The minimum absolute atomic E-state index is 0.289. The Morgan fingerprint density at radius 3 is 2.21 bits per heavy atom. The van der Waals surface area contributed by atoms with Crippen LogP contribution in [0.2, 0.25) is 0 Å². The summed E-state index contributed by atoms with van der Waals surface area (Å²) in [6, 6.07) is -3.19. The van der Waals surface area contributed by atoms with Gasteiger partial charge in [-0.2, -0.15) is 0 Å². The maximum absolute atomic E-state index is 12.1. The van der Waals surface area contributed by atoms with Crippen LogP contribution in [0.4, 0.5) is 0 Å². The van der Waals surface area contributed by atoms with Crippen LogP contribution in [0.25, 0.3) is 0 Å². The number of amides is 3. The molecule has 28 heavy (non-hydrogen) atoms. The van der Waals surface area contributed by atoms with Crippen LogP contribution < -0.4 is 27.4 Å². The minimum atomic E-state index is -1.27. The second kappa shape index (κ2) is 13.9. The van der Waals surface area contributed by atoms with Crippen LogP contribution in [0, 0.1) is 5.92 Å². The van der Waals surface area contributed by atoms with Gasteiger partial charge in [0.05, 0.1) is 19.2 Å². The normalized spacial score (nSPS) is 15.0. The molecule has 0 fully saturated rings. The van der Waals surface area contributed by atoms with Crippen LogP contribution in [-0.4, -0.2) is 71.7 Å². The summed E-state index contributed by atoms with van der Waals surface area (Å²) in [6.07, 6.45) is 2.31. The van der Waals surface area contributed by atoms with Gasteiger partial charge in [0.15, 0.2) is 0 Å². The summed E-state index contributed by atoms with van der Waals surface area (Å²) >= 11 is 0. The summed E-state index contributed by atoms with van der Waals surface area (Å²) in [4.78, 5) is 47.1. The third-order valence-corrected chi connectivity index (χ3v) is 4.34. The number of carboxylic acids is 1. The maximum Gasteiger partial charge on any atom is 0.326 e. The average molecular weight is 403 g/mol. The number of unbranched alkanes of at least 4 members (excludes halogenated alkanes) is 1. The third kappa shape index (κ3) is 9.62. The van der Waals surface area contributed by atoms with Crippen molar-refractivity contribution >= 4 is 23.7 Å². The summed E-state index contributed by atoms with van der Waals surface area (Å²) in [5.41, 5.74) is 11.1. The lowest BCUT2D eigenvalue weighted by Crippen LogP contribution is -2.55. The molecule has 0 heterocycles. The van der Waals surface area contributed by atoms with Crippen LogP contribution in [0.1, 0.15) is 39.5 Å². The number of aliphatic carboxylic acids is 1. The quantitative estimate of drug-likeness (QED) is 0.156. The van der Waals surface area contributed by atoms with Crippen molar-refractivity contribution in [1.29, 1.82) is 0 Å². The minimum Gasteiger partial charge on any atom is -0.480 e. The molecule has 162 valence electrons. The highest BCUT2D eigenvalue weighted by Gasteiger charge is 2.26. The number of nitrogens with two attached hydrogens (primary N) is 2. The predicted octanol–water partition coefficient (Wildman–Crippen LogP) is -2.35. The van der Waals surface area contributed by atoms with Crippen molar-refractivity contribution in [3.8, 4) is 0 Å². The Morgan fingerprint density at radius 1 is 1.07 bits per heavy atom. The van der Waals surface area contributed by atoms with Crippen LogP contribution in [0.5, 0.6) is 0 Å². The molecule has 0 aromatic carbocycles. The van der Waals surface area contributed by atoms with E-state index < -0.39 is 55.0 Å². The molecule has 11 nitrogen and oxygen atoms in total. The highest BCUT2D eigenvalue weighted by Crippen LogP contribution is 2.07. The molecule has 0 aliphatic rings. The van der Waals surface area contributed by atoms with E-state index in [1.165, 1.54) is 0 Å². The van der Waals surface area contributed by atoms with Crippen LogP contribution in [-0.2, 0) is 19.2 Å². The molecule has 4 atom stereocenters. The fraction of sp³-hybridized carbons (Fsp3) is 0.765. The topological polar surface area (TPSA) is 197 Å². The van der Waals surface area contributed by atoms with E-state index in [-0.39, 0.29) is 5.92 Å². The van der Waals surface area contributed by atoms with Gasteiger partial charge in [0.25, 0.3) is 0 Å². The average Bonchev–Trinajstić information content (AvgIpc) is 2.67. The van der Waals surface area contributed by atoms with Gasteiger partial charge >= 0.3 is 5.97 Å². The molecule has 0 saturated heterocycles. The van der Waals surface area contributed by atoms with Gasteiger partial charge in [-0.3, -0.25) is 14.4 Å². The van der Waals surface area contributed by atoms with Gasteiger partial charge in [0.2, 0.25) is 17.7 Å². The van der Waals surface area contributed by atoms with Gasteiger partial charge in [-0.15, -0.1) is 0 Å². The molecule has 0 radical (unpaired) electrons. The first-order valence-electron chi connectivity index (χ1n) is 9.34. The van der Waals surface area contributed by atoms with E-state index >= 15 is 0 Å². The Balaban J connectivity index is 4.54. The fourth-order valence-corrected chi connectivity index (χ4v) is 2.31. The fourth-order valence-electron chi connectivity index (χ4n) is 2.31. The second-order valence-electron chi connectivity index (χ2n) is 6.62.